The van der Waals surface area contributed by atoms with Crippen LogP contribution in [0.3, 0.4) is 0 Å². The zero-order valence-corrected chi connectivity index (χ0v) is 15.9. The average molecular weight is 388 g/mol. The summed E-state index contributed by atoms with van der Waals surface area (Å²) in [6.45, 7) is 0. The summed E-state index contributed by atoms with van der Waals surface area (Å²) in [6, 6.07) is 5.95. The maximum atomic E-state index is 12.5. The van der Waals surface area contributed by atoms with E-state index in [9.17, 15) is 14.9 Å². The Morgan fingerprint density at radius 1 is 1.11 bits per heavy atom. The molecule has 0 spiro atoms. The Hall–Kier alpha value is -2.22. The van der Waals surface area contributed by atoms with E-state index in [0.29, 0.717) is 12.1 Å². The van der Waals surface area contributed by atoms with Crippen molar-refractivity contribution in [2.24, 2.45) is 23.2 Å². The molecule has 4 bridgehead atoms. The summed E-state index contributed by atoms with van der Waals surface area (Å²) in [6.07, 6.45) is 8.20. The van der Waals surface area contributed by atoms with E-state index in [1.807, 2.05) is 0 Å². The summed E-state index contributed by atoms with van der Waals surface area (Å²) in [4.78, 5) is 22.7. The number of amides is 1. The molecule has 4 aliphatic rings. The highest BCUT2D eigenvalue weighted by atomic mass is 32.1. The van der Waals surface area contributed by atoms with Crippen molar-refractivity contribution < 1.29 is 9.72 Å². The van der Waals surface area contributed by atoms with Gasteiger partial charge in [-0.05, 0) is 86.0 Å². The standard InChI is InChI=1S/C19H24N4O3S/c24-17(11-19-8-12-5-13(9-19)7-14(6-12)10-19)20-18(27)22-21-15-1-3-16(4-2-15)23(25)26/h1-4,12-14,21H,5-11H2,(H2,20,22,24,27). The number of nitrogens with zero attached hydrogens (tertiary/aromatic N) is 1. The van der Waals surface area contributed by atoms with Gasteiger partial charge in [0.25, 0.3) is 5.69 Å². The number of nitrogens with one attached hydrogen (secondary N) is 3. The molecular weight excluding hydrogens is 364 g/mol. The SMILES string of the molecule is O=C(CC12CC3CC(CC(C3)C1)C2)NC(=S)NNc1ccc([N+](=O)[O-])cc1. The fourth-order valence-electron chi connectivity index (χ4n) is 5.84. The molecular formula is C19H24N4O3S. The Balaban J connectivity index is 1.26. The molecule has 0 heterocycles. The molecule has 4 aliphatic carbocycles. The molecule has 4 saturated carbocycles. The number of benzene rings is 1. The number of nitro benzene ring substituents is 1. The molecule has 3 N–H and O–H groups in total. The van der Waals surface area contributed by atoms with E-state index in [4.69, 9.17) is 12.2 Å². The van der Waals surface area contributed by atoms with Crippen molar-refractivity contribution in [1.29, 1.82) is 0 Å². The summed E-state index contributed by atoms with van der Waals surface area (Å²) in [7, 11) is 0. The monoisotopic (exact) mass is 388 g/mol. The lowest BCUT2D eigenvalue weighted by molar-refractivity contribution is -0.384. The van der Waals surface area contributed by atoms with E-state index in [0.717, 1.165) is 17.8 Å². The molecule has 5 rings (SSSR count). The highest BCUT2D eigenvalue weighted by molar-refractivity contribution is 7.80. The van der Waals surface area contributed by atoms with Crippen molar-refractivity contribution >= 4 is 34.6 Å². The molecule has 4 fully saturated rings. The molecule has 1 amide bonds. The van der Waals surface area contributed by atoms with Crippen molar-refractivity contribution in [2.75, 3.05) is 5.43 Å². The number of rotatable bonds is 5. The Labute approximate surface area is 163 Å². The minimum Gasteiger partial charge on any atom is -0.302 e. The molecule has 144 valence electrons. The third-order valence-electron chi connectivity index (χ3n) is 6.35. The van der Waals surface area contributed by atoms with Crippen LogP contribution < -0.4 is 16.2 Å². The van der Waals surface area contributed by atoms with E-state index >= 15 is 0 Å². The lowest BCUT2D eigenvalue weighted by Gasteiger charge is -2.56. The van der Waals surface area contributed by atoms with E-state index in [2.05, 4.69) is 16.2 Å². The number of carbonyl (C=O) groups excluding carboxylic acids is 1. The first-order valence-corrected chi connectivity index (χ1v) is 9.92. The molecule has 7 nitrogen and oxygen atoms in total. The van der Waals surface area contributed by atoms with Gasteiger partial charge in [0.1, 0.15) is 0 Å². The van der Waals surface area contributed by atoms with Crippen molar-refractivity contribution in [1.82, 2.24) is 10.7 Å². The van der Waals surface area contributed by atoms with Crippen LogP contribution in [0.25, 0.3) is 0 Å². The first-order chi connectivity index (χ1) is 12.9. The molecule has 0 unspecified atom stereocenters. The number of non-ortho nitro benzene ring substituents is 1. The number of hydrazine groups is 1. The highest BCUT2D eigenvalue weighted by Crippen LogP contribution is 2.61. The van der Waals surface area contributed by atoms with Crippen LogP contribution in [0.15, 0.2) is 24.3 Å². The topological polar surface area (TPSA) is 96.3 Å². The summed E-state index contributed by atoms with van der Waals surface area (Å²) in [5.41, 5.74) is 6.44. The number of anilines is 1. The van der Waals surface area contributed by atoms with Crippen LogP contribution >= 0.6 is 12.2 Å². The molecule has 0 saturated heterocycles. The van der Waals surface area contributed by atoms with Crippen LogP contribution in [0.5, 0.6) is 0 Å². The van der Waals surface area contributed by atoms with Gasteiger partial charge < -0.3 is 5.32 Å². The third-order valence-corrected chi connectivity index (χ3v) is 6.56. The number of hydrogen-bond acceptors (Lipinski definition) is 5. The molecule has 0 aliphatic heterocycles. The van der Waals surface area contributed by atoms with Gasteiger partial charge in [0, 0.05) is 18.6 Å². The van der Waals surface area contributed by atoms with E-state index in [1.54, 1.807) is 12.1 Å². The lowest BCUT2D eigenvalue weighted by atomic mass is 9.49. The maximum Gasteiger partial charge on any atom is 0.269 e. The average Bonchev–Trinajstić information content (AvgIpc) is 2.58. The molecule has 0 aromatic heterocycles. The predicted octanol–water partition coefficient (Wildman–Crippen LogP) is 3.52. The van der Waals surface area contributed by atoms with Gasteiger partial charge in [-0.2, -0.15) is 0 Å². The van der Waals surface area contributed by atoms with Gasteiger partial charge in [-0.15, -0.1) is 0 Å². The zero-order valence-electron chi connectivity index (χ0n) is 15.1. The first-order valence-electron chi connectivity index (χ1n) is 9.51. The minimum atomic E-state index is -0.452. The summed E-state index contributed by atoms with van der Waals surface area (Å²) in [5, 5.41) is 13.6. The van der Waals surface area contributed by atoms with Crippen LogP contribution in [-0.2, 0) is 4.79 Å². The van der Waals surface area contributed by atoms with Crippen LogP contribution in [0.1, 0.15) is 44.9 Å². The normalized spacial score (nSPS) is 30.6. The Bertz CT molecular complexity index is 729. The second-order valence-electron chi connectivity index (χ2n) is 8.53. The number of thiocarbonyl (C=S) groups is 1. The second kappa shape index (κ2) is 7.07. The van der Waals surface area contributed by atoms with Crippen molar-refractivity contribution in [3.63, 3.8) is 0 Å². The number of nitro groups is 1. The molecule has 0 radical (unpaired) electrons. The van der Waals surface area contributed by atoms with Crippen molar-refractivity contribution in [3.8, 4) is 0 Å². The predicted molar refractivity (Wildman–Crippen MR) is 106 cm³/mol. The Morgan fingerprint density at radius 3 is 2.19 bits per heavy atom. The first kappa shape index (κ1) is 18.2. The Morgan fingerprint density at radius 2 is 1.67 bits per heavy atom. The molecule has 8 heteroatoms. The van der Waals surface area contributed by atoms with Crippen LogP contribution in [-0.4, -0.2) is 15.9 Å². The summed E-state index contributed by atoms with van der Waals surface area (Å²) >= 11 is 5.19. The largest absolute Gasteiger partial charge is 0.302 e. The van der Waals surface area contributed by atoms with E-state index < -0.39 is 4.92 Å². The van der Waals surface area contributed by atoms with Gasteiger partial charge in [0.05, 0.1) is 10.6 Å². The van der Waals surface area contributed by atoms with Crippen molar-refractivity contribution in [3.05, 3.63) is 34.4 Å². The fraction of sp³-hybridized carbons (Fsp3) is 0.579. The van der Waals surface area contributed by atoms with Gasteiger partial charge in [-0.3, -0.25) is 25.8 Å². The summed E-state index contributed by atoms with van der Waals surface area (Å²) < 4.78 is 0. The maximum absolute atomic E-state index is 12.5. The van der Waals surface area contributed by atoms with Gasteiger partial charge >= 0.3 is 0 Å². The lowest BCUT2D eigenvalue weighted by Crippen LogP contribution is -2.49. The van der Waals surface area contributed by atoms with E-state index in [1.165, 1.54) is 50.7 Å². The van der Waals surface area contributed by atoms with Crippen LogP contribution in [0.2, 0.25) is 0 Å². The number of hydrogen-bond donors (Lipinski definition) is 3. The van der Waals surface area contributed by atoms with Gasteiger partial charge in [0.15, 0.2) is 5.11 Å². The summed E-state index contributed by atoms with van der Waals surface area (Å²) in [5.74, 6) is 2.42. The van der Waals surface area contributed by atoms with Crippen LogP contribution in [0, 0.1) is 33.3 Å². The van der Waals surface area contributed by atoms with Gasteiger partial charge in [0.2, 0.25) is 5.91 Å². The smallest absolute Gasteiger partial charge is 0.269 e. The highest BCUT2D eigenvalue weighted by Gasteiger charge is 2.51. The minimum absolute atomic E-state index is 0.0204. The van der Waals surface area contributed by atoms with E-state index in [-0.39, 0.29) is 22.1 Å². The quantitative estimate of drug-likeness (QED) is 0.406. The second-order valence-corrected chi connectivity index (χ2v) is 8.93. The molecule has 1 aromatic rings. The number of carbonyl (C=O) groups is 1. The molecule has 1 aromatic carbocycles. The molecule has 27 heavy (non-hydrogen) atoms. The Kier molecular flexibility index (Phi) is 4.75. The third kappa shape index (κ3) is 4.05. The van der Waals surface area contributed by atoms with Gasteiger partial charge in [-0.1, -0.05) is 0 Å². The van der Waals surface area contributed by atoms with Gasteiger partial charge in [-0.25, -0.2) is 0 Å². The molecule has 0 atom stereocenters. The van der Waals surface area contributed by atoms with Crippen molar-refractivity contribution in [2.45, 2.75) is 44.9 Å². The fourth-order valence-corrected chi connectivity index (χ4v) is 6.01. The zero-order chi connectivity index (χ0) is 19.0. The van der Waals surface area contributed by atoms with Crippen LogP contribution in [0.4, 0.5) is 11.4 Å².